The van der Waals surface area contributed by atoms with Crippen molar-refractivity contribution in [3.05, 3.63) is 12.3 Å². The highest BCUT2D eigenvalue weighted by molar-refractivity contribution is 6.04. The molecule has 1 aliphatic heterocycles. The van der Waals surface area contributed by atoms with Gasteiger partial charge < -0.3 is 27.8 Å². The summed E-state index contributed by atoms with van der Waals surface area (Å²) in [6, 6.07) is -1.00. The lowest BCUT2D eigenvalue weighted by Gasteiger charge is -2.20. The molecule has 10 heteroatoms. The van der Waals surface area contributed by atoms with E-state index in [0.717, 1.165) is 17.7 Å². The van der Waals surface area contributed by atoms with E-state index < -0.39 is 11.9 Å². The third kappa shape index (κ3) is 9.05. The highest BCUT2D eigenvalue weighted by Crippen LogP contribution is 2.11. The molecule has 2 unspecified atom stereocenters. The van der Waals surface area contributed by atoms with E-state index in [1.807, 2.05) is 0 Å². The topological polar surface area (TPSA) is 174 Å². The third-order valence-electron chi connectivity index (χ3n) is 4.77. The summed E-state index contributed by atoms with van der Waals surface area (Å²) >= 11 is 0. The number of likely N-dealkylation sites (tertiary alicyclic amines) is 1. The molecule has 4 amide bonds. The molecule has 8 N–H and O–H groups in total. The van der Waals surface area contributed by atoms with E-state index in [-0.39, 0.29) is 43.1 Å². The van der Waals surface area contributed by atoms with Gasteiger partial charge in [-0.1, -0.05) is 6.58 Å². The van der Waals surface area contributed by atoms with E-state index in [1.165, 1.54) is 0 Å². The molecule has 0 spiro atoms. The van der Waals surface area contributed by atoms with Crippen LogP contribution in [-0.2, 0) is 19.2 Å². The Hall–Kier alpha value is -2.46. The molecule has 0 radical (unpaired) electrons. The summed E-state index contributed by atoms with van der Waals surface area (Å²) in [7, 11) is 0. The van der Waals surface area contributed by atoms with Crippen LogP contribution in [0.15, 0.2) is 12.3 Å². The number of rotatable bonds is 14. The second-order valence-corrected chi connectivity index (χ2v) is 7.25. The van der Waals surface area contributed by atoms with E-state index in [0.29, 0.717) is 44.5 Å². The van der Waals surface area contributed by atoms with Crippen molar-refractivity contribution in [3.63, 3.8) is 0 Å². The van der Waals surface area contributed by atoms with Gasteiger partial charge in [0.15, 0.2) is 0 Å². The third-order valence-corrected chi connectivity index (χ3v) is 4.77. The molecule has 0 aliphatic carbocycles. The quantitative estimate of drug-likeness (QED) is 0.177. The lowest BCUT2D eigenvalue weighted by molar-refractivity contribution is -0.142. The number of nitrogens with zero attached hydrogens (tertiary/aromatic N) is 1. The minimum absolute atomic E-state index is 0.119. The van der Waals surface area contributed by atoms with E-state index in [4.69, 9.17) is 17.2 Å². The van der Waals surface area contributed by atoms with Gasteiger partial charge in [0.1, 0.15) is 12.6 Å². The Morgan fingerprint density at radius 1 is 1.07 bits per heavy atom. The first-order valence-electron chi connectivity index (χ1n) is 10.1. The molecule has 0 bridgehead atoms. The van der Waals surface area contributed by atoms with Gasteiger partial charge in [0.25, 0.3) is 0 Å². The number of carbonyl (C=O) groups is 4. The zero-order valence-electron chi connectivity index (χ0n) is 17.0. The van der Waals surface area contributed by atoms with Crippen molar-refractivity contribution in [2.45, 2.75) is 63.5 Å². The maximum absolute atomic E-state index is 12.5. The summed E-state index contributed by atoms with van der Waals surface area (Å²) in [5.74, 6) is -1.57. The van der Waals surface area contributed by atoms with Crippen molar-refractivity contribution in [2.24, 2.45) is 17.2 Å². The zero-order chi connectivity index (χ0) is 21.8. The number of carbonyl (C=O) groups excluding carboxylic acids is 4. The zero-order valence-corrected chi connectivity index (χ0v) is 17.0. The van der Waals surface area contributed by atoms with Gasteiger partial charge in [-0.05, 0) is 45.1 Å². The van der Waals surface area contributed by atoms with Crippen molar-refractivity contribution < 1.29 is 19.2 Å². The highest BCUT2D eigenvalue weighted by atomic mass is 16.2. The predicted octanol–water partition coefficient (Wildman–Crippen LogP) is -1.16. The smallest absolute Gasteiger partial charge is 0.242 e. The first kappa shape index (κ1) is 24.6. The van der Waals surface area contributed by atoms with Crippen molar-refractivity contribution in [3.8, 4) is 0 Å². The predicted molar refractivity (Wildman–Crippen MR) is 109 cm³/mol. The Labute approximate surface area is 171 Å². The molecule has 1 heterocycles. The van der Waals surface area contributed by atoms with Gasteiger partial charge in [-0.2, -0.15) is 0 Å². The Morgan fingerprint density at radius 2 is 1.69 bits per heavy atom. The number of hydrogen-bond donors (Lipinski definition) is 5. The maximum atomic E-state index is 12.5. The van der Waals surface area contributed by atoms with Crippen molar-refractivity contribution >= 4 is 23.6 Å². The molecule has 1 fully saturated rings. The summed E-state index contributed by atoms with van der Waals surface area (Å²) in [5.41, 5.74) is 17.3. The normalized spacial score (nSPS) is 15.9. The first-order valence-corrected chi connectivity index (χ1v) is 10.1. The van der Waals surface area contributed by atoms with Gasteiger partial charge in [-0.25, -0.2) is 0 Å². The van der Waals surface area contributed by atoms with Crippen LogP contribution in [0.4, 0.5) is 0 Å². The van der Waals surface area contributed by atoms with Gasteiger partial charge in [-0.3, -0.25) is 24.1 Å². The van der Waals surface area contributed by atoms with Gasteiger partial charge in [0, 0.05) is 31.1 Å². The molecule has 1 saturated heterocycles. The van der Waals surface area contributed by atoms with Crippen LogP contribution in [0.1, 0.15) is 51.4 Å². The molecular weight excluding hydrogens is 376 g/mol. The van der Waals surface area contributed by atoms with Crippen LogP contribution in [0.5, 0.6) is 0 Å². The molecule has 2 atom stereocenters. The second-order valence-electron chi connectivity index (χ2n) is 7.25. The minimum Gasteiger partial charge on any atom is -0.401 e. The molecule has 29 heavy (non-hydrogen) atoms. The molecule has 0 aromatic rings. The van der Waals surface area contributed by atoms with Crippen LogP contribution in [0.2, 0.25) is 0 Å². The average Bonchev–Trinajstić information content (AvgIpc) is 2.98. The van der Waals surface area contributed by atoms with Gasteiger partial charge in [0.2, 0.25) is 23.6 Å². The van der Waals surface area contributed by atoms with E-state index in [9.17, 15) is 19.2 Å². The highest BCUT2D eigenvalue weighted by Gasteiger charge is 2.31. The van der Waals surface area contributed by atoms with Crippen molar-refractivity contribution in [2.75, 3.05) is 19.6 Å². The summed E-state index contributed by atoms with van der Waals surface area (Å²) in [6.45, 7) is 4.17. The Balaban J connectivity index is 2.47. The molecular formula is C19H34N6O4. The molecule has 1 aliphatic rings. The maximum Gasteiger partial charge on any atom is 0.242 e. The van der Waals surface area contributed by atoms with Crippen molar-refractivity contribution in [1.29, 1.82) is 0 Å². The van der Waals surface area contributed by atoms with Gasteiger partial charge >= 0.3 is 0 Å². The number of hydrogen-bond acceptors (Lipinski definition) is 7. The van der Waals surface area contributed by atoms with E-state index >= 15 is 0 Å². The molecule has 0 aromatic carbocycles. The Morgan fingerprint density at radius 3 is 2.28 bits per heavy atom. The Bertz CT molecular complexity index is 594. The van der Waals surface area contributed by atoms with Crippen LogP contribution in [-0.4, -0.2) is 60.2 Å². The van der Waals surface area contributed by atoms with Crippen LogP contribution in [0.25, 0.3) is 0 Å². The fraction of sp³-hybridized carbons (Fsp3) is 0.684. The fourth-order valence-electron chi connectivity index (χ4n) is 2.95. The molecule has 0 aromatic heterocycles. The van der Waals surface area contributed by atoms with Crippen LogP contribution in [0, 0.1) is 0 Å². The largest absolute Gasteiger partial charge is 0.401 e. The fourth-order valence-corrected chi connectivity index (χ4v) is 2.95. The second kappa shape index (κ2) is 12.9. The number of nitrogens with two attached hydrogens (primary N) is 3. The molecule has 10 nitrogen and oxygen atoms in total. The molecule has 1 rings (SSSR count). The standard InChI is InChI=1S/C19H34N6O4/c1-13(21)14(22)6-3-5-11-23-19(29)15(7-2-4-10-20)24-16(26)12-25-17(27)8-9-18(25)28/h14-15H,1-12,20-22H2,(H,23,29)(H,24,26). The van der Waals surface area contributed by atoms with E-state index in [2.05, 4.69) is 17.2 Å². The molecule has 0 saturated carbocycles. The average molecular weight is 411 g/mol. The number of nitrogens with one attached hydrogen (secondary N) is 2. The van der Waals surface area contributed by atoms with Crippen LogP contribution in [0.3, 0.4) is 0 Å². The lowest BCUT2D eigenvalue weighted by Crippen LogP contribution is -2.50. The minimum atomic E-state index is -0.743. The molecule has 164 valence electrons. The van der Waals surface area contributed by atoms with Crippen LogP contribution >= 0.6 is 0 Å². The number of unbranched alkanes of at least 4 members (excludes halogenated alkanes) is 2. The number of amides is 4. The SMILES string of the molecule is C=C(N)C(N)CCCCNC(=O)C(CCCCN)NC(=O)CN1C(=O)CCC1=O. The summed E-state index contributed by atoms with van der Waals surface area (Å²) in [4.78, 5) is 49.0. The monoisotopic (exact) mass is 410 g/mol. The van der Waals surface area contributed by atoms with Gasteiger partial charge in [0.05, 0.1) is 0 Å². The van der Waals surface area contributed by atoms with E-state index in [1.54, 1.807) is 0 Å². The summed E-state index contributed by atoms with van der Waals surface area (Å²) in [5, 5.41) is 5.43. The number of imide groups is 1. The summed E-state index contributed by atoms with van der Waals surface area (Å²) in [6.07, 6.45) is 4.23. The lowest BCUT2D eigenvalue weighted by atomic mass is 10.1. The Kier molecular flexibility index (Phi) is 10.9. The van der Waals surface area contributed by atoms with Crippen LogP contribution < -0.4 is 27.8 Å². The van der Waals surface area contributed by atoms with Gasteiger partial charge in [-0.15, -0.1) is 0 Å². The summed E-state index contributed by atoms with van der Waals surface area (Å²) < 4.78 is 0. The van der Waals surface area contributed by atoms with Crippen molar-refractivity contribution in [1.82, 2.24) is 15.5 Å². The first-order chi connectivity index (χ1) is 13.8.